The van der Waals surface area contributed by atoms with E-state index in [4.69, 9.17) is 5.84 Å². The Morgan fingerprint density at radius 3 is 2.42 bits per heavy atom. The van der Waals surface area contributed by atoms with Crippen LogP contribution in [0.25, 0.3) is 10.8 Å². The molecule has 13 nitrogen and oxygen atoms in total. The first kappa shape index (κ1) is 34.5. The quantitative estimate of drug-likeness (QED) is 0.0468. The Hall–Kier alpha value is -4.82. The van der Waals surface area contributed by atoms with Crippen molar-refractivity contribution in [3.05, 3.63) is 78.4 Å². The molecule has 0 unspecified atom stereocenters. The van der Waals surface area contributed by atoms with E-state index in [0.717, 1.165) is 24.8 Å². The maximum Gasteiger partial charge on any atom is 0.292 e. The summed E-state index contributed by atoms with van der Waals surface area (Å²) in [7, 11) is -4.23. The van der Waals surface area contributed by atoms with Crippen LogP contribution in [0.1, 0.15) is 42.5 Å². The highest BCUT2D eigenvalue weighted by atomic mass is 32.2. The Kier molecular flexibility index (Phi) is 11.4. The van der Waals surface area contributed by atoms with Crippen molar-refractivity contribution in [1.29, 1.82) is 0 Å². The molecule has 1 aliphatic heterocycles. The van der Waals surface area contributed by atoms with E-state index >= 15 is 0 Å². The van der Waals surface area contributed by atoms with Crippen molar-refractivity contribution in [3.8, 4) is 0 Å². The van der Waals surface area contributed by atoms with Crippen molar-refractivity contribution >= 4 is 50.6 Å². The molecule has 2 fully saturated rings. The third-order valence-electron chi connectivity index (χ3n) is 8.54. The summed E-state index contributed by atoms with van der Waals surface area (Å²) < 4.78 is 29.8. The van der Waals surface area contributed by atoms with E-state index in [1.165, 1.54) is 29.2 Å². The third kappa shape index (κ3) is 9.16. The number of nitrogens with two attached hydrogens (primary N) is 1. The zero-order valence-electron chi connectivity index (χ0n) is 26.6. The normalized spacial score (nSPS) is 17.2. The molecule has 1 aliphatic carbocycles. The van der Waals surface area contributed by atoms with Crippen LogP contribution in [0.5, 0.6) is 0 Å². The number of carbonyl (C=O) groups excluding carboxylic acids is 4. The van der Waals surface area contributed by atoms with Crippen molar-refractivity contribution in [2.75, 3.05) is 32.7 Å². The molecule has 5 rings (SSSR count). The highest BCUT2D eigenvalue weighted by molar-refractivity contribution is 7.89. The maximum absolute atomic E-state index is 14.0. The van der Waals surface area contributed by atoms with Crippen LogP contribution in [0.4, 0.5) is 0 Å². The zero-order chi connectivity index (χ0) is 34.1. The molecule has 0 radical (unpaired) electrons. The average Bonchev–Trinajstić information content (AvgIpc) is 3.94. The van der Waals surface area contributed by atoms with Gasteiger partial charge in [0.1, 0.15) is 12.4 Å². The number of nitrogens with zero attached hydrogens (tertiary/aromatic N) is 3. The summed E-state index contributed by atoms with van der Waals surface area (Å²) in [6.07, 6.45) is 4.33. The van der Waals surface area contributed by atoms with E-state index in [0.29, 0.717) is 31.3 Å². The summed E-state index contributed by atoms with van der Waals surface area (Å²) >= 11 is 0. The SMILES string of the molecule is NN=CN1CCC[C@@H](CNC(=O)C[C@H](NS(=O)(=O)c2ccc3ccccc3c2)C(=O)N(CCNC(=O)C(=O)c2ccccc2)C2CC2)C1. The number of hydrazone groups is 1. The molecule has 3 aromatic rings. The van der Waals surface area contributed by atoms with E-state index in [1.54, 1.807) is 42.7 Å². The number of sulfonamides is 1. The Morgan fingerprint density at radius 2 is 1.69 bits per heavy atom. The lowest BCUT2D eigenvalue weighted by atomic mass is 9.98. The van der Waals surface area contributed by atoms with Gasteiger partial charge in [-0.25, -0.2) is 8.42 Å². The highest BCUT2D eigenvalue weighted by Crippen LogP contribution is 2.28. The minimum atomic E-state index is -4.23. The van der Waals surface area contributed by atoms with E-state index in [-0.39, 0.29) is 35.5 Å². The van der Waals surface area contributed by atoms with Crippen LogP contribution in [-0.2, 0) is 24.4 Å². The number of likely N-dealkylation sites (tertiary alicyclic amines) is 1. The number of nitrogens with one attached hydrogen (secondary N) is 3. The molecule has 1 heterocycles. The second kappa shape index (κ2) is 15.8. The second-order valence-corrected chi connectivity index (χ2v) is 13.9. The molecule has 3 amide bonds. The molecule has 2 atom stereocenters. The van der Waals surface area contributed by atoms with E-state index in [2.05, 4.69) is 20.5 Å². The third-order valence-corrected chi connectivity index (χ3v) is 10.0. The smallest absolute Gasteiger partial charge is 0.292 e. The first-order valence-electron chi connectivity index (χ1n) is 16.1. The molecule has 1 saturated heterocycles. The number of hydrogen-bond acceptors (Lipinski definition) is 8. The lowest BCUT2D eigenvalue weighted by Crippen LogP contribution is -2.53. The standard InChI is InChI=1S/C34H41N7O6S/c35-38-23-40-17-6-7-24(22-40)21-37-31(42)20-30(39-48(46,47)29-15-12-25-8-4-5-11-27(25)19-29)34(45)41(28-13-14-28)18-16-36-33(44)32(43)26-9-2-1-3-10-26/h1-5,8-12,15,19,23-24,28,30,39H,6-7,13-14,16-18,20-22,35H2,(H,36,44)(H,37,42)/t24-,30-/m0/s1. The molecule has 48 heavy (non-hydrogen) atoms. The number of rotatable bonds is 15. The summed E-state index contributed by atoms with van der Waals surface area (Å²) in [4.78, 5) is 55.8. The largest absolute Gasteiger partial charge is 0.361 e. The molecule has 2 aliphatic rings. The minimum absolute atomic E-state index is 0.0275. The fraction of sp³-hybridized carbons (Fsp3) is 0.382. The molecule has 1 saturated carbocycles. The highest BCUT2D eigenvalue weighted by Gasteiger charge is 2.38. The monoisotopic (exact) mass is 675 g/mol. The number of ketones is 1. The molecule has 0 spiro atoms. The van der Waals surface area contributed by atoms with Crippen LogP contribution in [0, 0.1) is 5.92 Å². The summed E-state index contributed by atoms with van der Waals surface area (Å²) in [6, 6.07) is 18.5. The number of Topliss-reactive ketones (excluding diaryl/α,β-unsaturated/α-hetero) is 1. The van der Waals surface area contributed by atoms with Crippen molar-refractivity contribution < 1.29 is 27.6 Å². The summed E-state index contributed by atoms with van der Waals surface area (Å²) in [6.45, 7) is 1.83. The van der Waals surface area contributed by atoms with E-state index < -0.39 is 46.0 Å². The number of amides is 3. The van der Waals surface area contributed by atoms with Crippen molar-refractivity contribution in [2.24, 2.45) is 16.9 Å². The number of hydrogen-bond donors (Lipinski definition) is 4. The predicted octanol–water partition coefficient (Wildman–Crippen LogP) is 1.60. The zero-order valence-corrected chi connectivity index (χ0v) is 27.4. The van der Waals surface area contributed by atoms with Crippen LogP contribution in [0.2, 0.25) is 0 Å². The Morgan fingerprint density at radius 1 is 0.958 bits per heavy atom. The van der Waals surface area contributed by atoms with Crippen LogP contribution < -0.4 is 21.2 Å². The van der Waals surface area contributed by atoms with Gasteiger partial charge in [0.15, 0.2) is 0 Å². The Labute approximate surface area is 280 Å². The molecule has 254 valence electrons. The fourth-order valence-electron chi connectivity index (χ4n) is 5.90. The van der Waals surface area contributed by atoms with Gasteiger partial charge in [0.25, 0.3) is 5.91 Å². The van der Waals surface area contributed by atoms with Gasteiger partial charge < -0.3 is 26.3 Å². The number of fused-ring (bicyclic) bond motifs is 1. The van der Waals surface area contributed by atoms with Gasteiger partial charge in [-0.15, -0.1) is 0 Å². The maximum atomic E-state index is 14.0. The second-order valence-electron chi connectivity index (χ2n) is 12.2. The van der Waals surface area contributed by atoms with Crippen molar-refractivity contribution in [2.45, 2.75) is 49.1 Å². The fourth-order valence-corrected chi connectivity index (χ4v) is 7.12. The molecule has 14 heteroatoms. The van der Waals surface area contributed by atoms with Crippen molar-refractivity contribution in [3.63, 3.8) is 0 Å². The van der Waals surface area contributed by atoms with Gasteiger partial charge >= 0.3 is 0 Å². The molecule has 0 bridgehead atoms. The Bertz CT molecular complexity index is 1760. The van der Waals surface area contributed by atoms with E-state index in [9.17, 15) is 27.6 Å². The van der Waals surface area contributed by atoms with Gasteiger partial charge in [-0.3, -0.25) is 19.2 Å². The number of benzene rings is 3. The van der Waals surface area contributed by atoms with Crippen molar-refractivity contribution in [1.82, 2.24) is 25.2 Å². The van der Waals surface area contributed by atoms with Gasteiger partial charge in [-0.1, -0.05) is 60.7 Å². The summed E-state index contributed by atoms with van der Waals surface area (Å²) in [5.41, 5.74) is 0.243. The summed E-state index contributed by atoms with van der Waals surface area (Å²) in [5, 5.41) is 10.6. The molecule has 0 aromatic heterocycles. The first-order valence-corrected chi connectivity index (χ1v) is 17.6. The van der Waals surface area contributed by atoms with Crippen LogP contribution in [0.3, 0.4) is 0 Å². The molecule has 5 N–H and O–H groups in total. The van der Waals surface area contributed by atoms with Crippen LogP contribution in [-0.4, -0.2) is 92.9 Å². The molecular weight excluding hydrogens is 634 g/mol. The van der Waals surface area contributed by atoms with Gasteiger partial charge in [-0.05, 0) is 54.5 Å². The Balaban J connectivity index is 1.29. The van der Waals surface area contributed by atoms with Gasteiger partial charge in [0.05, 0.1) is 11.3 Å². The van der Waals surface area contributed by atoms with Gasteiger partial charge in [0.2, 0.25) is 27.6 Å². The molecular formula is C34H41N7O6S. The number of piperidine rings is 1. The number of carbonyl (C=O) groups is 4. The summed E-state index contributed by atoms with van der Waals surface area (Å²) in [5.74, 6) is 2.86. The van der Waals surface area contributed by atoms with Gasteiger partial charge in [0, 0.05) is 44.3 Å². The first-order chi connectivity index (χ1) is 23.1. The molecule has 3 aromatic carbocycles. The van der Waals surface area contributed by atoms with E-state index in [1.807, 2.05) is 17.0 Å². The predicted molar refractivity (Wildman–Crippen MR) is 181 cm³/mol. The topological polar surface area (TPSA) is 183 Å². The van der Waals surface area contributed by atoms with Crippen LogP contribution >= 0.6 is 0 Å². The minimum Gasteiger partial charge on any atom is -0.361 e. The lowest BCUT2D eigenvalue weighted by Gasteiger charge is -2.31. The average molecular weight is 676 g/mol. The lowest BCUT2D eigenvalue weighted by molar-refractivity contribution is -0.136. The van der Waals surface area contributed by atoms with Crippen LogP contribution in [0.15, 0.2) is 82.8 Å². The van der Waals surface area contributed by atoms with Gasteiger partial charge in [-0.2, -0.15) is 9.82 Å².